The molecule has 0 N–H and O–H groups in total. The van der Waals surface area contributed by atoms with Crippen LogP contribution >= 0.6 is 0 Å². The standard InChI is InChI=1S/C28H19N3O4/c1-2-33-28(32)19-5-3-18(4-6-19)26-16-24-27(35-26)23(11-14-31-24)20-7-8-25(21(15-20)17-29)34-22-9-12-30-13-10-22/h3-16H,2H2,1H3. The van der Waals surface area contributed by atoms with E-state index < -0.39 is 0 Å². The molecular weight excluding hydrogens is 442 g/mol. The van der Waals surface area contributed by atoms with Crippen LogP contribution in [0.15, 0.2) is 89.7 Å². The molecule has 0 aliphatic rings. The molecule has 5 aromatic rings. The third kappa shape index (κ3) is 4.45. The first-order valence-electron chi connectivity index (χ1n) is 10.9. The van der Waals surface area contributed by atoms with Gasteiger partial charge >= 0.3 is 5.97 Å². The van der Waals surface area contributed by atoms with E-state index in [1.54, 1.807) is 61.9 Å². The lowest BCUT2D eigenvalue weighted by Gasteiger charge is -2.09. The molecule has 0 atom stereocenters. The number of furan rings is 1. The van der Waals surface area contributed by atoms with Crippen molar-refractivity contribution in [2.75, 3.05) is 6.61 Å². The summed E-state index contributed by atoms with van der Waals surface area (Å²) in [6.07, 6.45) is 4.96. The highest BCUT2D eigenvalue weighted by molar-refractivity contribution is 5.93. The molecule has 0 spiro atoms. The van der Waals surface area contributed by atoms with Gasteiger partial charge in [0.15, 0.2) is 5.58 Å². The van der Waals surface area contributed by atoms with E-state index in [2.05, 4.69) is 16.0 Å². The Balaban J connectivity index is 1.49. The van der Waals surface area contributed by atoms with Crippen LogP contribution in [-0.2, 0) is 4.74 Å². The van der Waals surface area contributed by atoms with E-state index in [4.69, 9.17) is 13.9 Å². The number of fused-ring (bicyclic) bond motifs is 1. The highest BCUT2D eigenvalue weighted by Gasteiger charge is 2.15. The van der Waals surface area contributed by atoms with E-state index in [-0.39, 0.29) is 5.97 Å². The summed E-state index contributed by atoms with van der Waals surface area (Å²) in [5.41, 5.74) is 4.56. The number of nitrogens with zero attached hydrogens (tertiary/aromatic N) is 3. The number of nitriles is 1. The SMILES string of the molecule is CCOC(=O)c1ccc(-c2cc3nccc(-c4ccc(Oc5ccncc5)c(C#N)c4)c3o2)cc1. The average molecular weight is 461 g/mol. The second-order valence-electron chi connectivity index (χ2n) is 7.59. The lowest BCUT2D eigenvalue weighted by molar-refractivity contribution is 0.0526. The zero-order valence-corrected chi connectivity index (χ0v) is 18.8. The summed E-state index contributed by atoms with van der Waals surface area (Å²) in [6.45, 7) is 2.09. The Hall–Kier alpha value is -4.96. The molecule has 0 bridgehead atoms. The Morgan fingerprint density at radius 3 is 2.49 bits per heavy atom. The van der Waals surface area contributed by atoms with Crippen molar-refractivity contribution in [1.82, 2.24) is 9.97 Å². The second-order valence-corrected chi connectivity index (χ2v) is 7.59. The van der Waals surface area contributed by atoms with E-state index in [9.17, 15) is 10.1 Å². The van der Waals surface area contributed by atoms with Gasteiger partial charge in [-0.1, -0.05) is 18.2 Å². The Kier molecular flexibility index (Phi) is 5.93. The van der Waals surface area contributed by atoms with Crippen LogP contribution < -0.4 is 4.74 Å². The van der Waals surface area contributed by atoms with E-state index in [0.29, 0.717) is 46.1 Å². The highest BCUT2D eigenvalue weighted by Crippen LogP contribution is 2.36. The van der Waals surface area contributed by atoms with Gasteiger partial charge in [-0.15, -0.1) is 0 Å². The average Bonchev–Trinajstić information content (AvgIpc) is 3.34. The van der Waals surface area contributed by atoms with Crippen LogP contribution in [0.2, 0.25) is 0 Å². The Bertz CT molecular complexity index is 1550. The van der Waals surface area contributed by atoms with Crippen molar-refractivity contribution in [2.24, 2.45) is 0 Å². The molecule has 3 heterocycles. The molecule has 0 fully saturated rings. The smallest absolute Gasteiger partial charge is 0.338 e. The maximum atomic E-state index is 11.9. The summed E-state index contributed by atoms with van der Waals surface area (Å²) in [4.78, 5) is 20.3. The first kappa shape index (κ1) is 21.9. The van der Waals surface area contributed by atoms with Crippen LogP contribution in [0.3, 0.4) is 0 Å². The number of ether oxygens (including phenoxy) is 2. The number of pyridine rings is 2. The van der Waals surface area contributed by atoms with Crippen molar-refractivity contribution in [3.8, 4) is 40.0 Å². The Labute approximate surface area is 201 Å². The fourth-order valence-corrected chi connectivity index (χ4v) is 3.70. The summed E-state index contributed by atoms with van der Waals surface area (Å²) < 4.78 is 17.1. The van der Waals surface area contributed by atoms with Crippen molar-refractivity contribution in [3.05, 3.63) is 96.4 Å². The lowest BCUT2D eigenvalue weighted by Crippen LogP contribution is -2.03. The molecule has 7 nitrogen and oxygen atoms in total. The van der Waals surface area contributed by atoms with Crippen LogP contribution in [0.4, 0.5) is 0 Å². The van der Waals surface area contributed by atoms with Crippen LogP contribution in [0, 0.1) is 11.3 Å². The van der Waals surface area contributed by atoms with Gasteiger partial charge in [-0.05, 0) is 55.0 Å². The predicted molar refractivity (Wildman–Crippen MR) is 130 cm³/mol. The summed E-state index contributed by atoms with van der Waals surface area (Å²) in [7, 11) is 0. The summed E-state index contributed by atoms with van der Waals surface area (Å²) in [5, 5.41) is 9.72. The minimum absolute atomic E-state index is 0.322. The van der Waals surface area contributed by atoms with Gasteiger partial charge in [-0.25, -0.2) is 4.79 Å². The van der Waals surface area contributed by atoms with Gasteiger partial charge in [-0.3, -0.25) is 9.97 Å². The first-order chi connectivity index (χ1) is 17.2. The summed E-state index contributed by atoms with van der Waals surface area (Å²) in [5.74, 6) is 1.31. The number of hydrogen-bond donors (Lipinski definition) is 0. The number of benzene rings is 2. The maximum Gasteiger partial charge on any atom is 0.338 e. The number of hydrogen-bond acceptors (Lipinski definition) is 7. The zero-order valence-electron chi connectivity index (χ0n) is 18.8. The maximum absolute atomic E-state index is 11.9. The van der Waals surface area contributed by atoms with Crippen LogP contribution in [-0.4, -0.2) is 22.5 Å². The third-order valence-electron chi connectivity index (χ3n) is 5.38. The number of aromatic nitrogens is 2. The molecule has 0 saturated heterocycles. The molecule has 0 radical (unpaired) electrons. The van der Waals surface area contributed by atoms with Gasteiger partial charge in [0.2, 0.25) is 0 Å². The van der Waals surface area contributed by atoms with Gasteiger partial charge in [0.05, 0.1) is 17.7 Å². The van der Waals surface area contributed by atoms with E-state index in [0.717, 1.165) is 16.7 Å². The molecule has 5 rings (SSSR count). The summed E-state index contributed by atoms with van der Waals surface area (Å²) >= 11 is 0. The van der Waals surface area contributed by atoms with Gasteiger partial charge in [0.1, 0.15) is 28.8 Å². The molecule has 0 aliphatic carbocycles. The van der Waals surface area contributed by atoms with Crippen molar-refractivity contribution in [1.29, 1.82) is 5.26 Å². The fourth-order valence-electron chi connectivity index (χ4n) is 3.70. The molecule has 0 saturated carbocycles. The number of rotatable bonds is 6. The van der Waals surface area contributed by atoms with E-state index >= 15 is 0 Å². The zero-order chi connectivity index (χ0) is 24.2. The second kappa shape index (κ2) is 9.49. The quantitative estimate of drug-likeness (QED) is 0.270. The van der Waals surface area contributed by atoms with Gasteiger partial charge in [0.25, 0.3) is 0 Å². The molecule has 0 aliphatic heterocycles. The van der Waals surface area contributed by atoms with Crippen molar-refractivity contribution < 1.29 is 18.7 Å². The largest absolute Gasteiger partial charge is 0.462 e. The van der Waals surface area contributed by atoms with Gasteiger partial charge in [0, 0.05) is 35.8 Å². The molecule has 3 aromatic heterocycles. The predicted octanol–water partition coefficient (Wildman–Crippen LogP) is 6.40. The van der Waals surface area contributed by atoms with Gasteiger partial charge in [-0.2, -0.15) is 5.26 Å². The monoisotopic (exact) mass is 461 g/mol. The van der Waals surface area contributed by atoms with Gasteiger partial charge < -0.3 is 13.9 Å². The first-order valence-corrected chi connectivity index (χ1v) is 10.9. The topological polar surface area (TPSA) is 98.2 Å². The van der Waals surface area contributed by atoms with E-state index in [1.807, 2.05) is 30.3 Å². The molecule has 2 aromatic carbocycles. The molecule has 170 valence electrons. The minimum Gasteiger partial charge on any atom is -0.462 e. The Morgan fingerprint density at radius 2 is 1.74 bits per heavy atom. The number of carbonyl (C=O) groups excluding carboxylic acids is 1. The van der Waals surface area contributed by atoms with E-state index in [1.165, 1.54) is 0 Å². The fraction of sp³-hybridized carbons (Fsp3) is 0.0714. The van der Waals surface area contributed by atoms with Crippen molar-refractivity contribution >= 4 is 17.1 Å². The number of carbonyl (C=O) groups is 1. The number of esters is 1. The molecule has 0 unspecified atom stereocenters. The normalized spacial score (nSPS) is 10.6. The highest BCUT2D eigenvalue weighted by atomic mass is 16.5. The lowest BCUT2D eigenvalue weighted by atomic mass is 10.0. The van der Waals surface area contributed by atoms with Crippen LogP contribution in [0.1, 0.15) is 22.8 Å². The molecule has 35 heavy (non-hydrogen) atoms. The Morgan fingerprint density at radius 1 is 0.971 bits per heavy atom. The van der Waals surface area contributed by atoms with Crippen molar-refractivity contribution in [2.45, 2.75) is 6.92 Å². The summed E-state index contributed by atoms with van der Waals surface area (Å²) in [6, 6.07) is 21.8. The van der Waals surface area contributed by atoms with Crippen LogP contribution in [0.25, 0.3) is 33.6 Å². The minimum atomic E-state index is -0.364. The third-order valence-corrected chi connectivity index (χ3v) is 5.38. The van der Waals surface area contributed by atoms with Crippen LogP contribution in [0.5, 0.6) is 11.5 Å². The molecule has 7 heteroatoms. The van der Waals surface area contributed by atoms with Crippen molar-refractivity contribution in [3.63, 3.8) is 0 Å². The molecular formula is C28H19N3O4. The molecule has 0 amide bonds.